The Morgan fingerprint density at radius 2 is 1.25 bits per heavy atom. The van der Waals surface area contributed by atoms with E-state index in [0.29, 0.717) is 28.6 Å². The van der Waals surface area contributed by atoms with Crippen molar-refractivity contribution < 1.29 is 14.4 Å². The van der Waals surface area contributed by atoms with Gasteiger partial charge in [-0.1, -0.05) is 18.2 Å². The fourth-order valence-electron chi connectivity index (χ4n) is 2.91. The molecule has 3 aromatic carbocycles. The van der Waals surface area contributed by atoms with Gasteiger partial charge in [0, 0.05) is 11.4 Å². The molecule has 1 aromatic heterocycles. The average Bonchev–Trinajstić information content (AvgIpc) is 2.81. The fraction of sp³-hybridized carbons (Fsp3) is 0.0435. The van der Waals surface area contributed by atoms with Gasteiger partial charge < -0.3 is 20.1 Å². The predicted molar refractivity (Wildman–Crippen MR) is 121 cm³/mol. The zero-order chi connectivity index (χ0) is 22.3. The number of rotatable bonds is 8. The number of nitrogens with zero attached hydrogens (tertiary/aromatic N) is 3. The number of anilines is 4. The molecule has 0 aliphatic carbocycles. The molecule has 0 amide bonds. The second kappa shape index (κ2) is 9.43. The Balaban J connectivity index is 1.54. The molecule has 1 heterocycles. The van der Waals surface area contributed by atoms with Crippen LogP contribution in [0, 0.1) is 10.1 Å². The highest BCUT2D eigenvalue weighted by Gasteiger charge is 2.23. The van der Waals surface area contributed by atoms with E-state index in [1.54, 1.807) is 55.6 Å². The van der Waals surface area contributed by atoms with Gasteiger partial charge in [0.15, 0.2) is 0 Å². The number of hydrogen-bond donors (Lipinski definition) is 2. The Bertz CT molecular complexity index is 1200. The summed E-state index contributed by atoms with van der Waals surface area (Å²) in [4.78, 5) is 19.4. The van der Waals surface area contributed by atoms with Gasteiger partial charge in [-0.15, -0.1) is 0 Å². The summed E-state index contributed by atoms with van der Waals surface area (Å²) in [5, 5.41) is 17.7. The number of ether oxygens (including phenoxy) is 2. The minimum Gasteiger partial charge on any atom is -0.497 e. The van der Waals surface area contributed by atoms with E-state index in [0.717, 1.165) is 0 Å². The van der Waals surface area contributed by atoms with E-state index in [9.17, 15) is 10.1 Å². The lowest BCUT2D eigenvalue weighted by Crippen LogP contribution is -2.05. The number of para-hydroxylation sites is 1. The highest BCUT2D eigenvalue weighted by molar-refractivity contribution is 5.76. The summed E-state index contributed by atoms with van der Waals surface area (Å²) < 4.78 is 10.9. The lowest BCUT2D eigenvalue weighted by atomic mass is 10.2. The van der Waals surface area contributed by atoms with Crippen LogP contribution in [0.25, 0.3) is 0 Å². The molecule has 0 saturated carbocycles. The van der Waals surface area contributed by atoms with Crippen molar-refractivity contribution in [1.29, 1.82) is 0 Å². The molecular formula is C23H19N5O4. The molecule has 2 N–H and O–H groups in total. The van der Waals surface area contributed by atoms with Gasteiger partial charge in [-0.25, -0.2) is 9.97 Å². The summed E-state index contributed by atoms with van der Waals surface area (Å²) in [6.07, 6.45) is 1.26. The smallest absolute Gasteiger partial charge is 0.353 e. The molecule has 160 valence electrons. The Morgan fingerprint density at radius 3 is 1.75 bits per heavy atom. The van der Waals surface area contributed by atoms with E-state index < -0.39 is 4.92 Å². The summed E-state index contributed by atoms with van der Waals surface area (Å²) >= 11 is 0. The quantitative estimate of drug-likeness (QED) is 0.272. The van der Waals surface area contributed by atoms with Crippen LogP contribution in [0.5, 0.6) is 17.2 Å². The summed E-state index contributed by atoms with van der Waals surface area (Å²) in [7, 11) is 1.57. The zero-order valence-electron chi connectivity index (χ0n) is 17.1. The van der Waals surface area contributed by atoms with E-state index in [4.69, 9.17) is 9.47 Å². The van der Waals surface area contributed by atoms with Gasteiger partial charge in [-0.2, -0.15) is 0 Å². The van der Waals surface area contributed by atoms with Crippen molar-refractivity contribution >= 4 is 28.7 Å². The van der Waals surface area contributed by atoms with Crippen molar-refractivity contribution in [1.82, 2.24) is 9.97 Å². The Morgan fingerprint density at radius 1 is 0.750 bits per heavy atom. The minimum atomic E-state index is -0.527. The van der Waals surface area contributed by atoms with Gasteiger partial charge in [-0.05, 0) is 60.7 Å². The first kappa shape index (κ1) is 20.6. The van der Waals surface area contributed by atoms with Crippen molar-refractivity contribution in [2.75, 3.05) is 17.7 Å². The topological polar surface area (TPSA) is 111 Å². The van der Waals surface area contributed by atoms with Crippen molar-refractivity contribution in [3.8, 4) is 17.2 Å². The van der Waals surface area contributed by atoms with E-state index >= 15 is 0 Å². The van der Waals surface area contributed by atoms with Crippen LogP contribution < -0.4 is 20.1 Å². The number of nitrogens with one attached hydrogen (secondary N) is 2. The first-order valence-corrected chi connectivity index (χ1v) is 9.63. The van der Waals surface area contributed by atoms with Crippen LogP contribution in [-0.4, -0.2) is 22.0 Å². The van der Waals surface area contributed by atoms with Crippen molar-refractivity contribution in [2.24, 2.45) is 0 Å². The third-order valence-electron chi connectivity index (χ3n) is 4.45. The molecule has 0 radical (unpaired) electrons. The van der Waals surface area contributed by atoms with Crippen molar-refractivity contribution in [2.45, 2.75) is 0 Å². The number of hydrogen-bond acceptors (Lipinski definition) is 8. The van der Waals surface area contributed by atoms with Gasteiger partial charge in [0.25, 0.3) is 0 Å². The minimum absolute atomic E-state index is 0.0674. The van der Waals surface area contributed by atoms with Crippen LogP contribution in [0.15, 0.2) is 85.2 Å². The molecule has 4 aromatic rings. The highest BCUT2D eigenvalue weighted by atomic mass is 16.6. The largest absolute Gasteiger partial charge is 0.497 e. The van der Waals surface area contributed by atoms with Crippen LogP contribution in [0.1, 0.15) is 0 Å². The standard InChI is InChI=1S/C23H19N5O4/c1-31-18-11-7-16(8-12-18)26-22-21(28(29)30)23(25-15-24-22)27-17-9-13-20(14-10-17)32-19-5-3-2-4-6-19/h2-15H,1H3,(H2,24,25,26,27). The third kappa shape index (κ3) is 4.90. The maximum Gasteiger partial charge on any atom is 0.353 e. The number of aromatic nitrogens is 2. The van der Waals surface area contributed by atoms with E-state index in [1.165, 1.54) is 6.33 Å². The summed E-state index contributed by atoms with van der Waals surface area (Å²) in [6, 6.07) is 23.4. The molecule has 9 heteroatoms. The van der Waals surface area contributed by atoms with Gasteiger partial charge in [0.1, 0.15) is 23.6 Å². The van der Waals surface area contributed by atoms with Crippen LogP contribution in [-0.2, 0) is 0 Å². The zero-order valence-corrected chi connectivity index (χ0v) is 17.1. The predicted octanol–water partition coefficient (Wildman–Crippen LogP) is 5.67. The third-order valence-corrected chi connectivity index (χ3v) is 4.45. The first-order chi connectivity index (χ1) is 15.6. The molecule has 0 bridgehead atoms. The molecule has 0 atom stereocenters. The second-order valence-corrected chi connectivity index (χ2v) is 6.59. The summed E-state index contributed by atoms with van der Waals surface area (Å²) in [6.45, 7) is 0. The van der Waals surface area contributed by atoms with E-state index in [2.05, 4.69) is 20.6 Å². The van der Waals surface area contributed by atoms with E-state index in [-0.39, 0.29) is 17.3 Å². The Kier molecular flexibility index (Phi) is 6.08. The van der Waals surface area contributed by atoms with Gasteiger partial charge >= 0.3 is 5.69 Å². The van der Waals surface area contributed by atoms with Crippen LogP contribution in [0.3, 0.4) is 0 Å². The number of benzene rings is 3. The second-order valence-electron chi connectivity index (χ2n) is 6.59. The molecule has 0 aliphatic heterocycles. The molecule has 0 fully saturated rings. The molecular weight excluding hydrogens is 410 g/mol. The molecule has 4 rings (SSSR count). The van der Waals surface area contributed by atoms with Crippen LogP contribution in [0.2, 0.25) is 0 Å². The van der Waals surface area contributed by atoms with Gasteiger partial charge in [0.2, 0.25) is 11.6 Å². The maximum absolute atomic E-state index is 11.8. The molecule has 9 nitrogen and oxygen atoms in total. The summed E-state index contributed by atoms with van der Waals surface area (Å²) in [5.41, 5.74) is 0.969. The average molecular weight is 429 g/mol. The highest BCUT2D eigenvalue weighted by Crippen LogP contribution is 2.33. The SMILES string of the molecule is COc1ccc(Nc2ncnc(Nc3ccc(Oc4ccccc4)cc3)c2[N+](=O)[O-])cc1. The van der Waals surface area contributed by atoms with E-state index in [1.807, 2.05) is 30.3 Å². The van der Waals surface area contributed by atoms with Gasteiger partial charge in [-0.3, -0.25) is 10.1 Å². The molecule has 0 aliphatic rings. The summed E-state index contributed by atoms with van der Waals surface area (Å²) in [5.74, 6) is 2.17. The molecule has 0 unspecified atom stereocenters. The molecule has 32 heavy (non-hydrogen) atoms. The monoisotopic (exact) mass is 429 g/mol. The lowest BCUT2D eigenvalue weighted by molar-refractivity contribution is -0.383. The lowest BCUT2D eigenvalue weighted by Gasteiger charge is -2.11. The Labute approximate surface area is 183 Å². The maximum atomic E-state index is 11.8. The Hall–Kier alpha value is -4.66. The van der Waals surface area contributed by atoms with Crippen LogP contribution >= 0.6 is 0 Å². The van der Waals surface area contributed by atoms with Crippen molar-refractivity contribution in [3.05, 3.63) is 95.3 Å². The van der Waals surface area contributed by atoms with Crippen molar-refractivity contribution in [3.63, 3.8) is 0 Å². The fourth-order valence-corrected chi connectivity index (χ4v) is 2.91. The number of nitro groups is 1. The molecule has 0 saturated heterocycles. The molecule has 0 spiro atoms. The number of methoxy groups -OCH3 is 1. The van der Waals surface area contributed by atoms with Gasteiger partial charge in [0.05, 0.1) is 12.0 Å². The normalized spacial score (nSPS) is 10.3. The van der Waals surface area contributed by atoms with Crippen LogP contribution in [0.4, 0.5) is 28.7 Å². The first-order valence-electron chi connectivity index (χ1n) is 9.63.